The number of carbonyl (C=O) groups is 2. The number of rotatable bonds is 6. The van der Waals surface area contributed by atoms with Crippen molar-refractivity contribution in [3.8, 4) is 5.88 Å². The van der Waals surface area contributed by atoms with Gasteiger partial charge in [-0.2, -0.15) is 0 Å². The maximum atomic E-state index is 12.8. The quantitative estimate of drug-likeness (QED) is 0.814. The molecule has 1 N–H and O–H groups in total. The summed E-state index contributed by atoms with van der Waals surface area (Å²) >= 11 is 0. The summed E-state index contributed by atoms with van der Waals surface area (Å²) in [6.07, 6.45) is 7.52. The topological polar surface area (TPSA) is 84.4 Å². The van der Waals surface area contributed by atoms with Crippen LogP contribution in [0.5, 0.6) is 5.88 Å². The van der Waals surface area contributed by atoms with Crippen LogP contribution in [0.15, 0.2) is 36.7 Å². The van der Waals surface area contributed by atoms with Crippen molar-refractivity contribution in [2.24, 2.45) is 5.92 Å². The number of pyridine rings is 2. The number of ether oxygens (including phenoxy) is 1. The molecule has 0 radical (unpaired) electrons. The lowest BCUT2D eigenvalue weighted by Crippen LogP contribution is -2.39. The Morgan fingerprint density at radius 3 is 2.55 bits per heavy atom. The molecule has 29 heavy (non-hydrogen) atoms. The number of methoxy groups -OCH3 is 1. The van der Waals surface area contributed by atoms with E-state index in [0.29, 0.717) is 29.5 Å². The maximum Gasteiger partial charge on any atom is 0.255 e. The van der Waals surface area contributed by atoms with Crippen molar-refractivity contribution in [3.05, 3.63) is 53.5 Å². The molecule has 0 bridgehead atoms. The number of amides is 2. The third-order valence-electron chi connectivity index (χ3n) is 5.62. The summed E-state index contributed by atoms with van der Waals surface area (Å²) in [5, 5.41) is 2.96. The molecule has 2 aliphatic rings. The molecule has 4 rings (SSSR count). The standard InChI is InChI=1S/C22H26N4O3/c1-29-20-9-7-17(13-24-20)22(28)26-10-2-3-18(14-26)19-8-6-16(12-23-19)21(27)25-11-15-4-5-15/h6-9,12-13,15,18H,2-5,10-11,14H2,1H3,(H,25,27)/t18-/m0/s1. The van der Waals surface area contributed by atoms with E-state index in [1.54, 1.807) is 31.6 Å². The highest BCUT2D eigenvalue weighted by Gasteiger charge is 2.27. The van der Waals surface area contributed by atoms with Crippen LogP contribution in [0.1, 0.15) is 58.0 Å². The minimum absolute atomic E-state index is 0.0269. The number of likely N-dealkylation sites (tertiary alicyclic amines) is 1. The van der Waals surface area contributed by atoms with Gasteiger partial charge in [-0.05, 0) is 49.8 Å². The van der Waals surface area contributed by atoms with Crippen LogP contribution in [0.4, 0.5) is 0 Å². The Balaban J connectivity index is 1.38. The van der Waals surface area contributed by atoms with Crippen LogP contribution in [0.25, 0.3) is 0 Å². The van der Waals surface area contributed by atoms with Crippen LogP contribution in [-0.2, 0) is 0 Å². The van der Waals surface area contributed by atoms with Gasteiger partial charge in [0.15, 0.2) is 0 Å². The maximum absolute atomic E-state index is 12.8. The predicted molar refractivity (Wildman–Crippen MR) is 108 cm³/mol. The van der Waals surface area contributed by atoms with Gasteiger partial charge in [-0.1, -0.05) is 0 Å². The van der Waals surface area contributed by atoms with Crippen LogP contribution in [0.2, 0.25) is 0 Å². The molecule has 152 valence electrons. The first-order valence-corrected chi connectivity index (χ1v) is 10.2. The van der Waals surface area contributed by atoms with Gasteiger partial charge in [-0.3, -0.25) is 14.6 Å². The second-order valence-corrected chi connectivity index (χ2v) is 7.80. The molecule has 0 spiro atoms. The van der Waals surface area contributed by atoms with Crippen LogP contribution in [-0.4, -0.2) is 53.4 Å². The van der Waals surface area contributed by atoms with Gasteiger partial charge in [0.2, 0.25) is 5.88 Å². The Morgan fingerprint density at radius 2 is 1.90 bits per heavy atom. The molecule has 7 nitrogen and oxygen atoms in total. The molecule has 1 aliphatic carbocycles. The Morgan fingerprint density at radius 1 is 1.10 bits per heavy atom. The average molecular weight is 394 g/mol. The van der Waals surface area contributed by atoms with E-state index in [2.05, 4.69) is 15.3 Å². The molecule has 1 aliphatic heterocycles. The molecule has 1 saturated carbocycles. The van der Waals surface area contributed by atoms with Crippen LogP contribution >= 0.6 is 0 Å². The predicted octanol–water partition coefficient (Wildman–Crippen LogP) is 2.64. The summed E-state index contributed by atoms with van der Waals surface area (Å²) in [5.74, 6) is 1.22. The summed E-state index contributed by atoms with van der Waals surface area (Å²) in [5.41, 5.74) is 2.07. The first kappa shape index (κ1) is 19.4. The normalized spacial score (nSPS) is 18.9. The highest BCUT2D eigenvalue weighted by Crippen LogP contribution is 2.28. The number of nitrogens with one attached hydrogen (secondary N) is 1. The highest BCUT2D eigenvalue weighted by atomic mass is 16.5. The molecule has 2 amide bonds. The molecular weight excluding hydrogens is 368 g/mol. The number of aromatic nitrogens is 2. The second kappa shape index (κ2) is 8.59. The summed E-state index contributed by atoms with van der Waals surface area (Å²) < 4.78 is 5.05. The molecule has 2 aromatic heterocycles. The zero-order valence-corrected chi connectivity index (χ0v) is 16.6. The second-order valence-electron chi connectivity index (χ2n) is 7.80. The fraction of sp³-hybridized carbons (Fsp3) is 0.455. The monoisotopic (exact) mass is 394 g/mol. The SMILES string of the molecule is COc1ccc(C(=O)N2CCC[C@H](c3ccc(C(=O)NCC4CC4)cn3)C2)cn1. The fourth-order valence-corrected chi connectivity index (χ4v) is 3.66. The summed E-state index contributed by atoms with van der Waals surface area (Å²) in [4.78, 5) is 35.5. The van der Waals surface area contributed by atoms with Crippen molar-refractivity contribution >= 4 is 11.8 Å². The van der Waals surface area contributed by atoms with E-state index in [0.717, 1.165) is 31.6 Å². The lowest BCUT2D eigenvalue weighted by molar-refractivity contribution is 0.0705. The summed E-state index contributed by atoms with van der Waals surface area (Å²) in [6, 6.07) is 7.19. The smallest absolute Gasteiger partial charge is 0.255 e. The first-order chi connectivity index (χ1) is 14.1. The van der Waals surface area contributed by atoms with Crippen molar-refractivity contribution in [2.75, 3.05) is 26.7 Å². The Labute approximate surface area is 170 Å². The minimum Gasteiger partial charge on any atom is -0.481 e. The van der Waals surface area contributed by atoms with Crippen molar-refractivity contribution in [1.29, 1.82) is 0 Å². The van der Waals surface area contributed by atoms with Gasteiger partial charge in [0.1, 0.15) is 0 Å². The molecule has 0 unspecified atom stereocenters. The third kappa shape index (κ3) is 4.72. The lowest BCUT2D eigenvalue weighted by atomic mass is 9.93. The van der Waals surface area contributed by atoms with E-state index < -0.39 is 0 Å². The number of piperidine rings is 1. The third-order valence-corrected chi connectivity index (χ3v) is 5.62. The Hall–Kier alpha value is -2.96. The highest BCUT2D eigenvalue weighted by molar-refractivity contribution is 5.94. The molecule has 0 aromatic carbocycles. The van der Waals surface area contributed by atoms with Gasteiger partial charge in [0.05, 0.1) is 18.2 Å². The number of hydrogen-bond donors (Lipinski definition) is 1. The van der Waals surface area contributed by atoms with Gasteiger partial charge in [0, 0.05) is 49.7 Å². The molecule has 1 saturated heterocycles. The molecule has 2 fully saturated rings. The van der Waals surface area contributed by atoms with E-state index in [1.165, 1.54) is 12.8 Å². The largest absolute Gasteiger partial charge is 0.481 e. The van der Waals surface area contributed by atoms with Crippen molar-refractivity contribution < 1.29 is 14.3 Å². The average Bonchev–Trinajstić information content (AvgIpc) is 3.62. The molecule has 2 aromatic rings. The van der Waals surface area contributed by atoms with Gasteiger partial charge < -0.3 is 15.0 Å². The van der Waals surface area contributed by atoms with Crippen molar-refractivity contribution in [1.82, 2.24) is 20.2 Å². The lowest BCUT2D eigenvalue weighted by Gasteiger charge is -2.32. The molecule has 3 heterocycles. The Kier molecular flexibility index (Phi) is 5.74. The minimum atomic E-state index is -0.0663. The zero-order valence-electron chi connectivity index (χ0n) is 16.6. The molecular formula is C22H26N4O3. The van der Waals surface area contributed by atoms with E-state index in [-0.39, 0.29) is 17.7 Å². The number of carbonyl (C=O) groups excluding carboxylic acids is 2. The van der Waals surface area contributed by atoms with Crippen LogP contribution in [0.3, 0.4) is 0 Å². The van der Waals surface area contributed by atoms with E-state index in [4.69, 9.17) is 4.74 Å². The summed E-state index contributed by atoms with van der Waals surface area (Å²) in [7, 11) is 1.55. The molecule has 7 heteroatoms. The van der Waals surface area contributed by atoms with Gasteiger partial charge in [-0.15, -0.1) is 0 Å². The summed E-state index contributed by atoms with van der Waals surface area (Å²) in [6.45, 7) is 2.09. The fourth-order valence-electron chi connectivity index (χ4n) is 3.66. The van der Waals surface area contributed by atoms with Crippen LogP contribution in [0, 0.1) is 5.92 Å². The van der Waals surface area contributed by atoms with Crippen molar-refractivity contribution in [3.63, 3.8) is 0 Å². The molecule has 1 atom stereocenters. The Bertz CT molecular complexity index is 863. The van der Waals surface area contributed by atoms with Gasteiger partial charge in [0.25, 0.3) is 11.8 Å². The first-order valence-electron chi connectivity index (χ1n) is 10.2. The van der Waals surface area contributed by atoms with E-state index in [9.17, 15) is 9.59 Å². The van der Waals surface area contributed by atoms with Gasteiger partial charge in [-0.25, -0.2) is 4.98 Å². The van der Waals surface area contributed by atoms with Crippen LogP contribution < -0.4 is 10.1 Å². The zero-order chi connectivity index (χ0) is 20.2. The van der Waals surface area contributed by atoms with Gasteiger partial charge >= 0.3 is 0 Å². The number of hydrogen-bond acceptors (Lipinski definition) is 5. The number of nitrogens with zero attached hydrogens (tertiary/aromatic N) is 3. The van der Waals surface area contributed by atoms with Crippen molar-refractivity contribution in [2.45, 2.75) is 31.6 Å². The van der Waals surface area contributed by atoms with E-state index >= 15 is 0 Å². The van der Waals surface area contributed by atoms with E-state index in [1.807, 2.05) is 17.0 Å².